The van der Waals surface area contributed by atoms with Gasteiger partial charge in [0.15, 0.2) is 0 Å². The Hall–Kier alpha value is -0.0800. The van der Waals surface area contributed by atoms with Gasteiger partial charge in [-0.05, 0) is 25.2 Å². The van der Waals surface area contributed by atoms with Crippen LogP contribution < -0.4 is 5.73 Å². The maximum absolute atomic E-state index is 10.2. The van der Waals surface area contributed by atoms with E-state index in [4.69, 9.17) is 5.73 Å². The lowest BCUT2D eigenvalue weighted by atomic mass is 9.67. The molecule has 3 N–H and O–H groups in total. The van der Waals surface area contributed by atoms with Crippen LogP contribution in [0.5, 0.6) is 0 Å². The molecule has 0 radical (unpaired) electrons. The molecule has 88 valence electrons. The molecule has 2 saturated carbocycles. The average Bonchev–Trinajstić information content (AvgIpc) is 2.74. The third-order valence-electron chi connectivity index (χ3n) is 4.69. The lowest BCUT2D eigenvalue weighted by Gasteiger charge is -2.42. The Morgan fingerprint density at radius 3 is 2.33 bits per heavy atom. The van der Waals surface area contributed by atoms with Crippen molar-refractivity contribution in [2.45, 2.75) is 63.9 Å². The first-order valence-electron chi connectivity index (χ1n) is 6.65. The summed E-state index contributed by atoms with van der Waals surface area (Å²) in [7, 11) is 0. The summed E-state index contributed by atoms with van der Waals surface area (Å²) in [4.78, 5) is 0. The van der Waals surface area contributed by atoms with E-state index in [-0.39, 0.29) is 11.5 Å². The molecule has 0 aliphatic heterocycles. The van der Waals surface area contributed by atoms with E-state index in [0.29, 0.717) is 6.54 Å². The second-order valence-electron chi connectivity index (χ2n) is 5.68. The summed E-state index contributed by atoms with van der Waals surface area (Å²) >= 11 is 0. The normalized spacial score (nSPS) is 38.4. The third kappa shape index (κ3) is 2.36. The van der Waals surface area contributed by atoms with Crippen molar-refractivity contribution in [3.8, 4) is 0 Å². The molecule has 0 saturated heterocycles. The Bertz CT molecular complexity index is 201. The van der Waals surface area contributed by atoms with Gasteiger partial charge in [-0.15, -0.1) is 0 Å². The summed E-state index contributed by atoms with van der Waals surface area (Å²) in [5, 5.41) is 10.2. The molecule has 2 fully saturated rings. The summed E-state index contributed by atoms with van der Waals surface area (Å²) in [5.74, 6) is 0.848. The number of nitrogens with two attached hydrogens (primary N) is 1. The fourth-order valence-electron chi connectivity index (χ4n) is 3.64. The van der Waals surface area contributed by atoms with Crippen LogP contribution in [0, 0.1) is 11.3 Å². The van der Waals surface area contributed by atoms with Gasteiger partial charge in [-0.1, -0.05) is 38.5 Å². The predicted octanol–water partition coefficient (Wildman–Crippen LogP) is 2.45. The van der Waals surface area contributed by atoms with Crippen molar-refractivity contribution >= 4 is 0 Å². The van der Waals surface area contributed by atoms with Gasteiger partial charge in [-0.2, -0.15) is 0 Å². The minimum Gasteiger partial charge on any atom is -0.393 e. The number of rotatable bonds is 3. The minimum atomic E-state index is -0.128. The molecule has 2 unspecified atom stereocenters. The Morgan fingerprint density at radius 1 is 1.07 bits per heavy atom. The van der Waals surface area contributed by atoms with Crippen LogP contribution in [0.2, 0.25) is 0 Å². The highest BCUT2D eigenvalue weighted by atomic mass is 16.3. The molecule has 0 amide bonds. The molecule has 2 heteroatoms. The molecule has 0 aromatic rings. The first kappa shape index (κ1) is 11.4. The molecule has 2 atom stereocenters. The van der Waals surface area contributed by atoms with Gasteiger partial charge in [-0.3, -0.25) is 0 Å². The molecule has 0 heterocycles. The van der Waals surface area contributed by atoms with Crippen molar-refractivity contribution in [3.05, 3.63) is 0 Å². The maximum atomic E-state index is 10.2. The van der Waals surface area contributed by atoms with E-state index in [9.17, 15) is 5.11 Å². The predicted molar refractivity (Wildman–Crippen MR) is 62.5 cm³/mol. The van der Waals surface area contributed by atoms with Crippen molar-refractivity contribution in [1.82, 2.24) is 0 Å². The lowest BCUT2D eigenvalue weighted by Crippen LogP contribution is -2.45. The van der Waals surface area contributed by atoms with E-state index in [0.717, 1.165) is 18.8 Å². The molecule has 2 aliphatic rings. The van der Waals surface area contributed by atoms with E-state index in [2.05, 4.69) is 0 Å². The van der Waals surface area contributed by atoms with Crippen LogP contribution in [0.4, 0.5) is 0 Å². The molecular formula is C13H25NO. The summed E-state index contributed by atoms with van der Waals surface area (Å²) in [6, 6.07) is 0. The molecule has 2 nitrogen and oxygen atoms in total. The van der Waals surface area contributed by atoms with E-state index in [1.54, 1.807) is 0 Å². The van der Waals surface area contributed by atoms with Gasteiger partial charge in [0.25, 0.3) is 0 Å². The minimum absolute atomic E-state index is 0.0766. The van der Waals surface area contributed by atoms with Crippen molar-refractivity contribution in [2.24, 2.45) is 17.1 Å². The van der Waals surface area contributed by atoms with Crippen LogP contribution in [0.1, 0.15) is 57.8 Å². The summed E-state index contributed by atoms with van der Waals surface area (Å²) < 4.78 is 0. The molecule has 2 rings (SSSR count). The van der Waals surface area contributed by atoms with Gasteiger partial charge >= 0.3 is 0 Å². The Labute approximate surface area is 93.2 Å². The molecule has 0 aromatic carbocycles. The number of hydrogen-bond donors (Lipinski definition) is 2. The third-order valence-corrected chi connectivity index (χ3v) is 4.69. The lowest BCUT2D eigenvalue weighted by molar-refractivity contribution is -0.0217. The molecule has 0 spiro atoms. The summed E-state index contributed by atoms with van der Waals surface area (Å²) in [6.45, 7) is 0.685. The van der Waals surface area contributed by atoms with Gasteiger partial charge in [0.1, 0.15) is 0 Å². The van der Waals surface area contributed by atoms with Crippen molar-refractivity contribution in [3.63, 3.8) is 0 Å². The maximum Gasteiger partial charge on any atom is 0.0608 e. The Kier molecular flexibility index (Phi) is 3.68. The van der Waals surface area contributed by atoms with Crippen LogP contribution >= 0.6 is 0 Å². The van der Waals surface area contributed by atoms with Gasteiger partial charge in [-0.25, -0.2) is 0 Å². The zero-order valence-electron chi connectivity index (χ0n) is 9.75. The highest BCUT2D eigenvalue weighted by Crippen LogP contribution is 2.44. The van der Waals surface area contributed by atoms with Crippen LogP contribution in [-0.2, 0) is 0 Å². The molecule has 0 bridgehead atoms. The van der Waals surface area contributed by atoms with Gasteiger partial charge in [0, 0.05) is 12.0 Å². The topological polar surface area (TPSA) is 46.2 Å². The molecule has 0 aromatic heterocycles. The smallest absolute Gasteiger partial charge is 0.0608 e. The van der Waals surface area contributed by atoms with E-state index in [1.165, 1.54) is 44.9 Å². The molecule has 15 heavy (non-hydrogen) atoms. The number of aliphatic hydroxyl groups is 1. The van der Waals surface area contributed by atoms with Crippen LogP contribution in [0.25, 0.3) is 0 Å². The van der Waals surface area contributed by atoms with Crippen molar-refractivity contribution < 1.29 is 5.11 Å². The van der Waals surface area contributed by atoms with Gasteiger partial charge in [0.05, 0.1) is 6.10 Å². The van der Waals surface area contributed by atoms with E-state index < -0.39 is 0 Å². The van der Waals surface area contributed by atoms with Crippen molar-refractivity contribution in [1.29, 1.82) is 0 Å². The summed E-state index contributed by atoms with van der Waals surface area (Å²) in [6.07, 6.45) is 11.2. The number of hydrogen-bond acceptors (Lipinski definition) is 2. The second kappa shape index (κ2) is 4.84. The monoisotopic (exact) mass is 211 g/mol. The van der Waals surface area contributed by atoms with Gasteiger partial charge in [0.2, 0.25) is 0 Å². The highest BCUT2D eigenvalue weighted by molar-refractivity contribution is 4.93. The van der Waals surface area contributed by atoms with Gasteiger partial charge < -0.3 is 10.8 Å². The second-order valence-corrected chi connectivity index (χ2v) is 5.68. The van der Waals surface area contributed by atoms with E-state index in [1.807, 2.05) is 0 Å². The van der Waals surface area contributed by atoms with Crippen LogP contribution in [0.3, 0.4) is 0 Å². The van der Waals surface area contributed by atoms with E-state index >= 15 is 0 Å². The first-order chi connectivity index (χ1) is 7.27. The Morgan fingerprint density at radius 2 is 1.73 bits per heavy atom. The largest absolute Gasteiger partial charge is 0.393 e. The molecular weight excluding hydrogens is 186 g/mol. The summed E-state index contributed by atoms with van der Waals surface area (Å²) in [5.41, 5.74) is 6.02. The standard InChI is InChI=1S/C13H25NO/c14-10-13(8-4-3-7-12(13)15)9-11-5-1-2-6-11/h11-12,15H,1-10,14H2. The zero-order chi connectivity index (χ0) is 10.7. The SMILES string of the molecule is NCC1(CC2CCCC2)CCCCC1O. The quantitative estimate of drug-likeness (QED) is 0.753. The average molecular weight is 211 g/mol. The first-order valence-corrected chi connectivity index (χ1v) is 6.65. The van der Waals surface area contributed by atoms with Crippen LogP contribution in [0.15, 0.2) is 0 Å². The Balaban J connectivity index is 1.98. The fraction of sp³-hybridized carbons (Fsp3) is 1.00. The fourth-order valence-corrected chi connectivity index (χ4v) is 3.64. The molecule has 2 aliphatic carbocycles. The number of aliphatic hydroxyl groups excluding tert-OH is 1. The van der Waals surface area contributed by atoms with Crippen LogP contribution in [-0.4, -0.2) is 17.8 Å². The highest BCUT2D eigenvalue weighted by Gasteiger charge is 2.40. The van der Waals surface area contributed by atoms with Crippen molar-refractivity contribution in [2.75, 3.05) is 6.54 Å². The zero-order valence-corrected chi connectivity index (χ0v) is 9.75.